The molecule has 0 aromatic heterocycles. The van der Waals surface area contributed by atoms with Crippen molar-refractivity contribution in [3.8, 4) is 0 Å². The van der Waals surface area contributed by atoms with E-state index in [2.05, 4.69) is 5.32 Å². The second-order valence-corrected chi connectivity index (χ2v) is 10.5. The molecule has 3 aromatic rings. The minimum absolute atomic E-state index is 0.138. The third kappa shape index (κ3) is 5.38. The maximum atomic E-state index is 13.6. The number of carbonyl (C=O) groups is 4. The van der Waals surface area contributed by atoms with E-state index in [-0.39, 0.29) is 40.3 Å². The normalized spacial score (nSPS) is 16.4. The Morgan fingerprint density at radius 1 is 0.950 bits per heavy atom. The standard InChI is InChI=1S/C29H22FN3O5S2/c1-2-38-28(37)18-9-13-20(14-10-18)31-23(34)16-32-22-6-4-3-5-21(22)24(26(32)35)25-27(36)33(29(39)40-25)15-17-7-11-19(30)12-8-17/h3-14H,2,15-16H2,1H3,(H,31,34)/b25-24+. The molecule has 1 N–H and O–H groups in total. The molecule has 8 nitrogen and oxygen atoms in total. The number of thioether (sulfide) groups is 1. The molecule has 0 radical (unpaired) electrons. The van der Waals surface area contributed by atoms with E-state index in [0.29, 0.717) is 28.1 Å². The molecule has 2 heterocycles. The molecule has 40 heavy (non-hydrogen) atoms. The smallest absolute Gasteiger partial charge is 0.338 e. The molecule has 2 aliphatic rings. The maximum absolute atomic E-state index is 13.6. The summed E-state index contributed by atoms with van der Waals surface area (Å²) in [6.07, 6.45) is 0. The van der Waals surface area contributed by atoms with Crippen LogP contribution in [0.5, 0.6) is 0 Å². The van der Waals surface area contributed by atoms with Gasteiger partial charge in [0.1, 0.15) is 16.7 Å². The van der Waals surface area contributed by atoms with Gasteiger partial charge in [0.15, 0.2) is 0 Å². The van der Waals surface area contributed by atoms with Crippen molar-refractivity contribution in [1.29, 1.82) is 0 Å². The number of nitrogens with zero attached hydrogens (tertiary/aromatic N) is 2. The molecule has 202 valence electrons. The summed E-state index contributed by atoms with van der Waals surface area (Å²) in [5.41, 5.74) is 2.70. The monoisotopic (exact) mass is 575 g/mol. The van der Waals surface area contributed by atoms with Crippen LogP contribution in [-0.4, -0.2) is 46.1 Å². The van der Waals surface area contributed by atoms with Crippen molar-refractivity contribution in [2.75, 3.05) is 23.4 Å². The van der Waals surface area contributed by atoms with Gasteiger partial charge in [-0.05, 0) is 55.0 Å². The van der Waals surface area contributed by atoms with Gasteiger partial charge in [0, 0.05) is 11.3 Å². The van der Waals surface area contributed by atoms with Gasteiger partial charge in [-0.3, -0.25) is 24.2 Å². The summed E-state index contributed by atoms with van der Waals surface area (Å²) in [7, 11) is 0. The molecule has 0 unspecified atom stereocenters. The number of hydrogen-bond donors (Lipinski definition) is 1. The number of anilines is 2. The molecule has 0 atom stereocenters. The number of esters is 1. The zero-order valence-electron chi connectivity index (χ0n) is 21.2. The van der Waals surface area contributed by atoms with Crippen molar-refractivity contribution in [2.24, 2.45) is 0 Å². The van der Waals surface area contributed by atoms with Crippen molar-refractivity contribution in [3.63, 3.8) is 0 Å². The zero-order valence-corrected chi connectivity index (χ0v) is 22.8. The highest BCUT2D eigenvalue weighted by atomic mass is 32.2. The largest absolute Gasteiger partial charge is 0.462 e. The summed E-state index contributed by atoms with van der Waals surface area (Å²) >= 11 is 6.47. The fourth-order valence-corrected chi connectivity index (χ4v) is 5.69. The lowest BCUT2D eigenvalue weighted by atomic mass is 10.1. The average Bonchev–Trinajstić information content (AvgIpc) is 3.37. The third-order valence-electron chi connectivity index (χ3n) is 6.23. The Hall–Kier alpha value is -4.35. The van der Waals surface area contributed by atoms with Crippen molar-refractivity contribution < 1.29 is 28.3 Å². The predicted molar refractivity (Wildman–Crippen MR) is 154 cm³/mol. The maximum Gasteiger partial charge on any atom is 0.338 e. The molecule has 0 bridgehead atoms. The van der Waals surface area contributed by atoms with Crippen LogP contribution in [-0.2, 0) is 25.7 Å². The number of nitrogens with one attached hydrogen (secondary N) is 1. The van der Waals surface area contributed by atoms with Crippen LogP contribution in [0.4, 0.5) is 15.8 Å². The van der Waals surface area contributed by atoms with E-state index in [4.69, 9.17) is 17.0 Å². The number of carbonyl (C=O) groups excluding carboxylic acids is 4. The van der Waals surface area contributed by atoms with Crippen molar-refractivity contribution in [3.05, 3.63) is 100 Å². The average molecular weight is 576 g/mol. The summed E-state index contributed by atoms with van der Waals surface area (Å²) in [5, 5.41) is 2.73. The van der Waals surface area contributed by atoms with E-state index in [1.165, 1.54) is 34.1 Å². The fraction of sp³-hybridized carbons (Fsp3) is 0.138. The van der Waals surface area contributed by atoms with Gasteiger partial charge in [-0.1, -0.05) is 54.3 Å². The first-order valence-corrected chi connectivity index (χ1v) is 13.5. The molecule has 0 aliphatic carbocycles. The van der Waals surface area contributed by atoms with E-state index in [0.717, 1.165) is 11.8 Å². The summed E-state index contributed by atoms with van der Waals surface area (Å²) in [4.78, 5) is 54.7. The van der Waals surface area contributed by atoms with Crippen LogP contribution in [0, 0.1) is 5.82 Å². The predicted octanol–water partition coefficient (Wildman–Crippen LogP) is 4.76. The zero-order chi connectivity index (χ0) is 28.4. The second-order valence-electron chi connectivity index (χ2n) is 8.84. The highest BCUT2D eigenvalue weighted by Crippen LogP contribution is 2.44. The van der Waals surface area contributed by atoms with Gasteiger partial charge in [0.25, 0.3) is 11.8 Å². The Labute approximate surface area is 238 Å². The number of ether oxygens (including phenoxy) is 1. The fourth-order valence-electron chi connectivity index (χ4n) is 4.36. The van der Waals surface area contributed by atoms with E-state index in [1.807, 2.05) is 0 Å². The Bertz CT molecular complexity index is 1570. The summed E-state index contributed by atoms with van der Waals surface area (Å²) in [5.74, 6) is -2.23. The van der Waals surface area contributed by atoms with Gasteiger partial charge in [-0.2, -0.15) is 0 Å². The van der Waals surface area contributed by atoms with E-state index >= 15 is 0 Å². The highest BCUT2D eigenvalue weighted by molar-refractivity contribution is 8.26. The molecule has 3 aromatic carbocycles. The molecule has 1 fully saturated rings. The molecule has 2 aliphatic heterocycles. The van der Waals surface area contributed by atoms with Gasteiger partial charge < -0.3 is 10.1 Å². The van der Waals surface area contributed by atoms with Crippen LogP contribution in [0.3, 0.4) is 0 Å². The number of halogens is 1. The Kier molecular flexibility index (Phi) is 7.76. The van der Waals surface area contributed by atoms with Gasteiger partial charge in [0.2, 0.25) is 5.91 Å². The molecule has 0 spiro atoms. The molecule has 0 saturated carbocycles. The number of hydrogen-bond acceptors (Lipinski definition) is 7. The minimum Gasteiger partial charge on any atom is -0.462 e. The Morgan fingerprint density at radius 2 is 1.65 bits per heavy atom. The van der Waals surface area contributed by atoms with Gasteiger partial charge in [-0.25, -0.2) is 9.18 Å². The first-order valence-electron chi connectivity index (χ1n) is 12.3. The van der Waals surface area contributed by atoms with Gasteiger partial charge in [-0.15, -0.1) is 0 Å². The number of benzene rings is 3. The van der Waals surface area contributed by atoms with Crippen LogP contribution >= 0.6 is 24.0 Å². The summed E-state index contributed by atoms with van der Waals surface area (Å²) in [6.45, 7) is 1.81. The van der Waals surface area contributed by atoms with Gasteiger partial charge in [0.05, 0.1) is 34.9 Å². The summed E-state index contributed by atoms with van der Waals surface area (Å²) < 4.78 is 18.6. The lowest BCUT2D eigenvalue weighted by Crippen LogP contribution is -2.35. The van der Waals surface area contributed by atoms with Crippen LogP contribution in [0.25, 0.3) is 5.57 Å². The van der Waals surface area contributed by atoms with Crippen molar-refractivity contribution in [2.45, 2.75) is 13.5 Å². The minimum atomic E-state index is -0.490. The quantitative estimate of drug-likeness (QED) is 0.247. The van der Waals surface area contributed by atoms with Crippen LogP contribution in [0.2, 0.25) is 0 Å². The van der Waals surface area contributed by atoms with Crippen molar-refractivity contribution in [1.82, 2.24) is 4.90 Å². The lowest BCUT2D eigenvalue weighted by molar-refractivity contribution is -0.122. The number of para-hydroxylation sites is 1. The molecule has 3 amide bonds. The first-order chi connectivity index (χ1) is 19.3. The second kappa shape index (κ2) is 11.4. The molecule has 5 rings (SSSR count). The third-order valence-corrected chi connectivity index (χ3v) is 7.68. The van der Waals surface area contributed by atoms with Crippen LogP contribution in [0.1, 0.15) is 28.4 Å². The van der Waals surface area contributed by atoms with E-state index in [1.54, 1.807) is 55.5 Å². The summed E-state index contributed by atoms with van der Waals surface area (Å²) in [6, 6.07) is 18.9. The van der Waals surface area contributed by atoms with Crippen LogP contribution < -0.4 is 10.2 Å². The molecule has 1 saturated heterocycles. The SMILES string of the molecule is CCOC(=O)c1ccc(NC(=O)CN2C(=O)/C(=C3/SC(=S)N(Cc4ccc(F)cc4)C3=O)c3ccccc32)cc1. The Balaban J connectivity index is 1.36. The van der Waals surface area contributed by atoms with Gasteiger partial charge >= 0.3 is 5.97 Å². The molecular weight excluding hydrogens is 553 g/mol. The highest BCUT2D eigenvalue weighted by Gasteiger charge is 2.42. The molecule has 11 heteroatoms. The number of rotatable bonds is 7. The lowest BCUT2D eigenvalue weighted by Gasteiger charge is -2.17. The topological polar surface area (TPSA) is 96.0 Å². The molecular formula is C29H22FN3O5S2. The van der Waals surface area contributed by atoms with E-state index < -0.39 is 23.7 Å². The van der Waals surface area contributed by atoms with Crippen molar-refractivity contribution >= 4 is 68.9 Å². The number of fused-ring (bicyclic) bond motifs is 1. The number of thiocarbonyl (C=S) groups is 1. The van der Waals surface area contributed by atoms with Crippen LogP contribution in [0.15, 0.2) is 77.7 Å². The first kappa shape index (κ1) is 27.2. The number of amides is 3. The Morgan fingerprint density at radius 3 is 2.35 bits per heavy atom. The van der Waals surface area contributed by atoms with E-state index in [9.17, 15) is 23.6 Å².